The first-order valence-electron chi connectivity index (χ1n) is 6.91. The third-order valence-electron chi connectivity index (χ3n) is 4.61. The molecule has 6 heteroatoms. The average Bonchev–Trinajstić information content (AvgIpc) is 3.00. The molecule has 2 aliphatic carbocycles. The van der Waals surface area contributed by atoms with Gasteiger partial charge >= 0.3 is 5.97 Å². The molecule has 0 spiro atoms. The first kappa shape index (κ1) is 13.1. The van der Waals surface area contributed by atoms with Gasteiger partial charge in [-0.15, -0.1) is 0 Å². The fourth-order valence-corrected chi connectivity index (χ4v) is 3.70. The van der Waals surface area contributed by atoms with Crippen molar-refractivity contribution in [2.75, 3.05) is 6.54 Å². The summed E-state index contributed by atoms with van der Waals surface area (Å²) in [7, 11) is 0. The van der Waals surface area contributed by atoms with Crippen molar-refractivity contribution in [3.63, 3.8) is 0 Å². The zero-order chi connectivity index (χ0) is 14.4. The molecule has 20 heavy (non-hydrogen) atoms. The first-order valence-corrected chi connectivity index (χ1v) is 6.91. The Kier molecular flexibility index (Phi) is 3.03. The summed E-state index contributed by atoms with van der Waals surface area (Å²) in [6, 6.07) is -0.100. The molecule has 1 aliphatic heterocycles. The second-order valence-corrected chi connectivity index (χ2v) is 5.96. The number of hydrogen-bond donors (Lipinski definition) is 2. The minimum Gasteiger partial charge on any atom is -0.460 e. The summed E-state index contributed by atoms with van der Waals surface area (Å²) in [6.45, 7) is 5.01. The summed E-state index contributed by atoms with van der Waals surface area (Å²) in [5, 5.41) is 5.39. The molecule has 0 aromatic carbocycles. The van der Waals surface area contributed by atoms with Crippen molar-refractivity contribution in [2.24, 2.45) is 17.8 Å². The lowest BCUT2D eigenvalue weighted by atomic mass is 9.86. The van der Waals surface area contributed by atoms with Gasteiger partial charge in [-0.3, -0.25) is 14.4 Å². The second-order valence-electron chi connectivity index (χ2n) is 5.96. The van der Waals surface area contributed by atoms with Crippen molar-refractivity contribution in [3.05, 3.63) is 12.2 Å². The minimum absolute atomic E-state index is 0.0428. The van der Waals surface area contributed by atoms with Gasteiger partial charge in [0.2, 0.25) is 11.8 Å². The van der Waals surface area contributed by atoms with Crippen LogP contribution in [-0.2, 0) is 19.1 Å². The van der Waals surface area contributed by atoms with E-state index in [9.17, 15) is 14.4 Å². The highest BCUT2D eigenvalue weighted by atomic mass is 16.6. The van der Waals surface area contributed by atoms with Gasteiger partial charge in [0.15, 0.2) is 0 Å². The van der Waals surface area contributed by atoms with Crippen molar-refractivity contribution >= 4 is 17.8 Å². The van der Waals surface area contributed by atoms with Gasteiger partial charge in [-0.25, -0.2) is 0 Å². The van der Waals surface area contributed by atoms with Crippen molar-refractivity contribution < 1.29 is 19.1 Å². The Hall–Kier alpha value is -1.85. The van der Waals surface area contributed by atoms with E-state index >= 15 is 0 Å². The number of carbonyl (C=O) groups excluding carboxylic acids is 3. The number of hydrogen-bond acceptors (Lipinski definition) is 4. The molecule has 3 fully saturated rings. The lowest BCUT2D eigenvalue weighted by Gasteiger charge is -2.26. The van der Waals surface area contributed by atoms with Crippen LogP contribution in [0, 0.1) is 17.8 Å². The molecule has 5 unspecified atom stereocenters. The van der Waals surface area contributed by atoms with Gasteiger partial charge in [0, 0.05) is 11.5 Å². The maximum absolute atomic E-state index is 11.9. The monoisotopic (exact) mass is 278 g/mol. The van der Waals surface area contributed by atoms with Crippen LogP contribution >= 0.6 is 0 Å². The molecule has 3 rings (SSSR count). The van der Waals surface area contributed by atoms with E-state index in [1.165, 1.54) is 0 Å². The quantitative estimate of drug-likeness (QED) is 0.548. The van der Waals surface area contributed by atoms with Crippen LogP contribution in [0.5, 0.6) is 0 Å². The molecule has 0 radical (unpaired) electrons. The Morgan fingerprint density at radius 2 is 2.15 bits per heavy atom. The summed E-state index contributed by atoms with van der Waals surface area (Å²) >= 11 is 0. The van der Waals surface area contributed by atoms with E-state index in [0.717, 1.165) is 12.8 Å². The molecule has 0 aromatic rings. The summed E-state index contributed by atoms with van der Waals surface area (Å²) in [4.78, 5) is 34.8. The molecule has 2 bridgehead atoms. The molecule has 1 heterocycles. The molecule has 2 N–H and O–H groups in total. The molecule has 2 amide bonds. The van der Waals surface area contributed by atoms with Crippen LogP contribution in [0.15, 0.2) is 12.2 Å². The smallest absolute Gasteiger partial charge is 0.309 e. The van der Waals surface area contributed by atoms with E-state index in [1.54, 1.807) is 6.92 Å². The van der Waals surface area contributed by atoms with Crippen LogP contribution in [0.2, 0.25) is 0 Å². The van der Waals surface area contributed by atoms with Gasteiger partial charge in [0.25, 0.3) is 0 Å². The molecule has 6 nitrogen and oxygen atoms in total. The maximum atomic E-state index is 11.9. The van der Waals surface area contributed by atoms with Crippen LogP contribution < -0.4 is 10.6 Å². The van der Waals surface area contributed by atoms with Crippen molar-refractivity contribution in [2.45, 2.75) is 31.9 Å². The standard InChI is InChI=1S/C14H18N2O4/c1-6(2)13(18)15-5-10(17)16-11-7-3-8-9(4-7)14(19)20-12(8)11/h7-9,11-12H,1,3-5H2,2H3,(H,15,18)(H,16,17). The predicted molar refractivity (Wildman–Crippen MR) is 69.3 cm³/mol. The van der Waals surface area contributed by atoms with Crippen molar-refractivity contribution in [3.8, 4) is 0 Å². The second kappa shape index (κ2) is 4.61. The van der Waals surface area contributed by atoms with E-state index in [2.05, 4.69) is 17.2 Å². The van der Waals surface area contributed by atoms with E-state index in [-0.39, 0.29) is 48.3 Å². The van der Waals surface area contributed by atoms with Gasteiger partial charge in [0.1, 0.15) is 6.10 Å². The normalized spacial score (nSPS) is 36.6. The molecule has 0 aromatic heterocycles. The zero-order valence-electron chi connectivity index (χ0n) is 11.3. The van der Waals surface area contributed by atoms with Crippen molar-refractivity contribution in [1.82, 2.24) is 10.6 Å². The number of esters is 1. The Labute approximate surface area is 116 Å². The Balaban J connectivity index is 1.54. The van der Waals surface area contributed by atoms with Crippen LogP contribution in [0.3, 0.4) is 0 Å². The number of amides is 2. The zero-order valence-corrected chi connectivity index (χ0v) is 11.3. The summed E-state index contributed by atoms with van der Waals surface area (Å²) in [6.07, 6.45) is 1.58. The summed E-state index contributed by atoms with van der Waals surface area (Å²) < 4.78 is 5.36. The van der Waals surface area contributed by atoms with E-state index in [4.69, 9.17) is 4.74 Å². The number of carbonyl (C=O) groups is 3. The van der Waals surface area contributed by atoms with Crippen LogP contribution in [0.4, 0.5) is 0 Å². The van der Waals surface area contributed by atoms with E-state index in [1.807, 2.05) is 0 Å². The molecule has 5 atom stereocenters. The number of nitrogens with one attached hydrogen (secondary N) is 2. The third-order valence-corrected chi connectivity index (χ3v) is 4.61. The lowest BCUT2D eigenvalue weighted by Crippen LogP contribution is -2.49. The summed E-state index contributed by atoms with van der Waals surface area (Å²) in [5.74, 6) is -0.0711. The Morgan fingerprint density at radius 1 is 1.40 bits per heavy atom. The average molecular weight is 278 g/mol. The third kappa shape index (κ3) is 1.99. The SMILES string of the molecule is C=C(C)C(=O)NCC(=O)NC1C2CC3C(=O)OC1C3C2. The molecule has 108 valence electrons. The lowest BCUT2D eigenvalue weighted by molar-refractivity contribution is -0.144. The van der Waals surface area contributed by atoms with Crippen LogP contribution in [-0.4, -0.2) is 36.5 Å². The molecule has 2 saturated carbocycles. The molecule has 1 saturated heterocycles. The minimum atomic E-state index is -0.333. The Morgan fingerprint density at radius 3 is 2.85 bits per heavy atom. The van der Waals surface area contributed by atoms with Crippen molar-refractivity contribution in [1.29, 1.82) is 0 Å². The number of fused-ring (bicyclic) bond motifs is 1. The van der Waals surface area contributed by atoms with Gasteiger partial charge < -0.3 is 15.4 Å². The first-order chi connectivity index (χ1) is 9.47. The highest BCUT2D eigenvalue weighted by molar-refractivity contribution is 5.94. The van der Waals surface area contributed by atoms with Crippen LogP contribution in [0.1, 0.15) is 19.8 Å². The number of rotatable bonds is 4. The maximum Gasteiger partial charge on any atom is 0.309 e. The molecular weight excluding hydrogens is 260 g/mol. The van der Waals surface area contributed by atoms with E-state index < -0.39 is 0 Å². The van der Waals surface area contributed by atoms with E-state index in [0.29, 0.717) is 11.5 Å². The van der Waals surface area contributed by atoms with Gasteiger partial charge in [-0.2, -0.15) is 0 Å². The summed E-state index contributed by atoms with van der Waals surface area (Å²) in [5.41, 5.74) is 0.366. The van der Waals surface area contributed by atoms with Gasteiger partial charge in [0.05, 0.1) is 18.5 Å². The fourth-order valence-electron chi connectivity index (χ4n) is 3.70. The Bertz CT molecular complexity index is 501. The van der Waals surface area contributed by atoms with Crippen LogP contribution in [0.25, 0.3) is 0 Å². The fraction of sp³-hybridized carbons (Fsp3) is 0.643. The van der Waals surface area contributed by atoms with Gasteiger partial charge in [-0.05, 0) is 25.7 Å². The number of ether oxygens (including phenoxy) is 1. The largest absolute Gasteiger partial charge is 0.460 e. The van der Waals surface area contributed by atoms with Gasteiger partial charge in [-0.1, -0.05) is 6.58 Å². The molecule has 3 aliphatic rings. The topological polar surface area (TPSA) is 84.5 Å². The molecular formula is C14H18N2O4. The predicted octanol–water partition coefficient (Wildman–Crippen LogP) is -0.255. The highest BCUT2D eigenvalue weighted by Crippen LogP contribution is 2.54. The highest BCUT2D eigenvalue weighted by Gasteiger charge is 2.61.